The molecule has 0 saturated carbocycles. The molecular weight excluding hydrogens is 381 g/mol. The van der Waals surface area contributed by atoms with Crippen LogP contribution < -0.4 is 15.4 Å². The van der Waals surface area contributed by atoms with Crippen molar-refractivity contribution in [1.82, 2.24) is 5.32 Å². The summed E-state index contributed by atoms with van der Waals surface area (Å²) in [6.45, 7) is 3.84. The van der Waals surface area contributed by atoms with Crippen molar-refractivity contribution in [1.29, 1.82) is 0 Å². The molecule has 2 unspecified atom stereocenters. The molecule has 6 heteroatoms. The summed E-state index contributed by atoms with van der Waals surface area (Å²) in [4.78, 5) is 16.9. The zero-order chi connectivity index (χ0) is 21.1. The molecule has 0 bridgehead atoms. The van der Waals surface area contributed by atoms with Gasteiger partial charge in [0.1, 0.15) is 17.2 Å². The van der Waals surface area contributed by atoms with Gasteiger partial charge in [-0.3, -0.25) is 9.79 Å². The zero-order valence-corrected chi connectivity index (χ0v) is 17.0. The van der Waals surface area contributed by atoms with E-state index in [9.17, 15) is 9.18 Å². The third-order valence-corrected chi connectivity index (χ3v) is 5.22. The van der Waals surface area contributed by atoms with E-state index in [-0.39, 0.29) is 11.6 Å². The Hall–Kier alpha value is -3.41. The highest BCUT2D eigenvalue weighted by Gasteiger charge is 2.31. The minimum absolute atomic E-state index is 0.0250. The van der Waals surface area contributed by atoms with Crippen molar-refractivity contribution >= 4 is 17.3 Å². The summed E-state index contributed by atoms with van der Waals surface area (Å²) < 4.78 is 20.2. The van der Waals surface area contributed by atoms with E-state index in [1.165, 1.54) is 12.1 Å². The van der Waals surface area contributed by atoms with E-state index >= 15 is 0 Å². The van der Waals surface area contributed by atoms with Gasteiger partial charge in [-0.05, 0) is 68.9 Å². The summed E-state index contributed by atoms with van der Waals surface area (Å²) >= 11 is 0. The van der Waals surface area contributed by atoms with Crippen LogP contribution in [-0.2, 0) is 0 Å². The average Bonchev–Trinajstić information content (AvgIpc) is 3.26. The Balaban J connectivity index is 1.40. The van der Waals surface area contributed by atoms with Gasteiger partial charge in [-0.25, -0.2) is 4.39 Å². The Bertz CT molecular complexity index is 1030. The van der Waals surface area contributed by atoms with Gasteiger partial charge in [0, 0.05) is 24.0 Å². The first-order valence-electron chi connectivity index (χ1n) is 9.94. The predicted octanol–water partition coefficient (Wildman–Crippen LogP) is 4.76. The number of carbonyl (C=O) groups is 1. The van der Waals surface area contributed by atoms with Crippen molar-refractivity contribution < 1.29 is 13.9 Å². The van der Waals surface area contributed by atoms with Crippen LogP contribution in [0.5, 0.6) is 5.75 Å². The van der Waals surface area contributed by atoms with E-state index < -0.39 is 17.3 Å². The van der Waals surface area contributed by atoms with Crippen LogP contribution in [0.25, 0.3) is 0 Å². The van der Waals surface area contributed by atoms with Gasteiger partial charge in [0.05, 0.1) is 11.6 Å². The normalized spacial score (nSPS) is 22.4. The number of hydrogen-bond acceptors (Lipinski definition) is 4. The Kier molecular flexibility index (Phi) is 5.40. The van der Waals surface area contributed by atoms with Gasteiger partial charge in [-0.2, -0.15) is 0 Å². The lowest BCUT2D eigenvalue weighted by atomic mass is 9.92. The molecule has 1 amide bonds. The molecule has 0 aromatic heterocycles. The molecular formula is C24H24FN3O2. The van der Waals surface area contributed by atoms with E-state index in [1.54, 1.807) is 36.5 Å². The molecule has 0 radical (unpaired) electrons. The fourth-order valence-corrected chi connectivity index (χ4v) is 3.61. The van der Waals surface area contributed by atoms with Gasteiger partial charge in [-0.1, -0.05) is 17.7 Å². The van der Waals surface area contributed by atoms with Crippen LogP contribution in [0.1, 0.15) is 35.7 Å². The predicted molar refractivity (Wildman–Crippen MR) is 116 cm³/mol. The molecule has 5 nitrogen and oxygen atoms in total. The lowest BCUT2D eigenvalue weighted by molar-refractivity contribution is 0.102. The number of aliphatic imine (C=N–C) groups is 1. The SMILES string of the molecule is Cc1ccc(F)c(C(=O)Nc2ccc(OC3(C)C=CN=C(C4CC=CN4)C3)cc2)c1. The van der Waals surface area contributed by atoms with Crippen molar-refractivity contribution in [2.75, 3.05) is 5.32 Å². The van der Waals surface area contributed by atoms with Gasteiger partial charge in [-0.15, -0.1) is 0 Å². The van der Waals surface area contributed by atoms with Crippen molar-refractivity contribution in [3.05, 3.63) is 84.0 Å². The highest BCUT2D eigenvalue weighted by atomic mass is 19.1. The maximum atomic E-state index is 13.9. The molecule has 0 spiro atoms. The van der Waals surface area contributed by atoms with Gasteiger partial charge in [0.2, 0.25) is 0 Å². The van der Waals surface area contributed by atoms with Crippen LogP contribution in [0.3, 0.4) is 0 Å². The number of nitrogens with one attached hydrogen (secondary N) is 2. The summed E-state index contributed by atoms with van der Waals surface area (Å²) in [6.07, 6.45) is 9.42. The summed E-state index contributed by atoms with van der Waals surface area (Å²) in [7, 11) is 0. The van der Waals surface area contributed by atoms with E-state index in [0.717, 1.165) is 17.7 Å². The lowest BCUT2D eigenvalue weighted by Gasteiger charge is -2.32. The molecule has 2 aliphatic heterocycles. The van der Waals surface area contributed by atoms with Crippen LogP contribution in [0, 0.1) is 12.7 Å². The van der Waals surface area contributed by atoms with Crippen LogP contribution in [0.2, 0.25) is 0 Å². The van der Waals surface area contributed by atoms with Crippen molar-refractivity contribution in [2.24, 2.45) is 4.99 Å². The number of ether oxygens (including phenoxy) is 1. The maximum absolute atomic E-state index is 13.9. The number of hydrogen-bond donors (Lipinski definition) is 2. The second-order valence-corrected chi connectivity index (χ2v) is 7.85. The molecule has 0 aliphatic carbocycles. The second kappa shape index (κ2) is 8.14. The number of carbonyl (C=O) groups excluding carboxylic acids is 1. The molecule has 154 valence electrons. The zero-order valence-electron chi connectivity index (χ0n) is 17.0. The van der Waals surface area contributed by atoms with Crippen LogP contribution in [0.15, 0.2) is 72.0 Å². The van der Waals surface area contributed by atoms with Crippen molar-refractivity contribution in [3.8, 4) is 5.75 Å². The van der Waals surface area contributed by atoms with Crippen LogP contribution in [0.4, 0.5) is 10.1 Å². The summed E-state index contributed by atoms with van der Waals surface area (Å²) in [5.41, 5.74) is 1.98. The number of rotatable bonds is 5. The summed E-state index contributed by atoms with van der Waals surface area (Å²) in [5.74, 6) is -0.342. The number of nitrogens with zero attached hydrogens (tertiary/aromatic N) is 1. The first kappa shape index (κ1) is 19.9. The standard InChI is InChI=1S/C24H24FN3O2/c1-16-5-10-20(25)19(14-16)23(29)28-17-6-8-18(9-7-17)30-24(2)11-13-27-22(15-24)21-4-3-12-26-21/h3,5-14,21,26H,4,15H2,1-2H3,(H,28,29). The van der Waals surface area contributed by atoms with Gasteiger partial charge in [0.25, 0.3) is 5.91 Å². The molecule has 2 aromatic carbocycles. The van der Waals surface area contributed by atoms with Gasteiger partial charge in [0.15, 0.2) is 0 Å². The summed E-state index contributed by atoms with van der Waals surface area (Å²) in [6, 6.07) is 11.8. The largest absolute Gasteiger partial charge is 0.483 e. The Morgan fingerprint density at radius 1 is 1.27 bits per heavy atom. The number of aryl methyl sites for hydroxylation is 1. The minimum atomic E-state index is -0.542. The fraction of sp³-hybridized carbons (Fsp3) is 0.250. The quantitative estimate of drug-likeness (QED) is 0.754. The van der Waals surface area contributed by atoms with Gasteiger partial charge < -0.3 is 15.4 Å². The Labute approximate surface area is 175 Å². The topological polar surface area (TPSA) is 62.7 Å². The number of anilines is 1. The Morgan fingerprint density at radius 3 is 2.80 bits per heavy atom. The average molecular weight is 405 g/mol. The molecule has 2 N–H and O–H groups in total. The summed E-state index contributed by atoms with van der Waals surface area (Å²) in [5, 5.41) is 6.03. The number of halogens is 1. The third kappa shape index (κ3) is 4.43. The Morgan fingerprint density at radius 2 is 2.07 bits per heavy atom. The molecule has 0 fully saturated rings. The van der Waals surface area contributed by atoms with Crippen molar-refractivity contribution in [3.63, 3.8) is 0 Å². The van der Waals surface area contributed by atoms with Crippen molar-refractivity contribution in [2.45, 2.75) is 38.3 Å². The number of benzene rings is 2. The van der Waals surface area contributed by atoms with Crippen LogP contribution >= 0.6 is 0 Å². The highest BCUT2D eigenvalue weighted by molar-refractivity contribution is 6.04. The second-order valence-electron chi connectivity index (χ2n) is 7.85. The molecule has 2 aliphatic rings. The molecule has 2 atom stereocenters. The smallest absolute Gasteiger partial charge is 0.258 e. The van der Waals surface area contributed by atoms with E-state index in [2.05, 4.69) is 21.7 Å². The molecule has 2 aromatic rings. The van der Waals surface area contributed by atoms with E-state index in [1.807, 2.05) is 26.1 Å². The van der Waals surface area contributed by atoms with E-state index in [0.29, 0.717) is 17.9 Å². The molecule has 2 heterocycles. The molecule has 0 saturated heterocycles. The van der Waals surface area contributed by atoms with E-state index in [4.69, 9.17) is 4.74 Å². The van der Waals surface area contributed by atoms with Crippen LogP contribution in [-0.4, -0.2) is 23.3 Å². The fourth-order valence-electron chi connectivity index (χ4n) is 3.61. The molecule has 4 rings (SSSR count). The highest BCUT2D eigenvalue weighted by Crippen LogP contribution is 2.28. The first-order chi connectivity index (χ1) is 14.4. The maximum Gasteiger partial charge on any atom is 0.258 e. The minimum Gasteiger partial charge on any atom is -0.483 e. The lowest BCUT2D eigenvalue weighted by Crippen LogP contribution is -2.41. The monoisotopic (exact) mass is 405 g/mol. The number of amides is 1. The molecule has 30 heavy (non-hydrogen) atoms. The third-order valence-electron chi connectivity index (χ3n) is 5.22. The van der Waals surface area contributed by atoms with Gasteiger partial charge >= 0.3 is 0 Å². The first-order valence-corrected chi connectivity index (χ1v) is 9.94.